The van der Waals surface area contributed by atoms with E-state index in [0.29, 0.717) is 44.8 Å². The summed E-state index contributed by atoms with van der Waals surface area (Å²) in [6.45, 7) is 9.81. The van der Waals surface area contributed by atoms with E-state index in [-0.39, 0.29) is 18.5 Å². The van der Waals surface area contributed by atoms with Gasteiger partial charge in [0.05, 0.1) is 5.57 Å². The lowest BCUT2D eigenvalue weighted by molar-refractivity contribution is -0.117. The van der Waals surface area contributed by atoms with Crippen molar-refractivity contribution in [3.05, 3.63) is 86.6 Å². The lowest BCUT2D eigenvalue weighted by atomic mass is 9.95. The molecule has 10 heteroatoms. The predicted octanol–water partition coefficient (Wildman–Crippen LogP) is 5.18. The molecule has 1 unspecified atom stereocenters. The molecular weight excluding hydrogens is 502 g/mol. The summed E-state index contributed by atoms with van der Waals surface area (Å²) in [6, 6.07) is 5.24. The zero-order valence-corrected chi connectivity index (χ0v) is 23.2. The first-order valence-corrected chi connectivity index (χ1v) is 12.5. The van der Waals surface area contributed by atoms with Crippen LogP contribution >= 0.6 is 11.6 Å². The number of hydrogen-bond donors (Lipinski definition) is 5. The van der Waals surface area contributed by atoms with Crippen LogP contribution in [0.1, 0.15) is 49.4 Å². The number of carbonyl (C=O) groups is 1. The molecule has 1 aromatic carbocycles. The molecule has 3 rings (SSSR count). The average Bonchev–Trinajstić information content (AvgIpc) is 3.19. The Morgan fingerprint density at radius 3 is 2.68 bits per heavy atom. The van der Waals surface area contributed by atoms with Gasteiger partial charge in [0.15, 0.2) is 0 Å². The molecule has 0 bridgehead atoms. The quantitative estimate of drug-likeness (QED) is 0.222. The molecule has 1 amide bonds. The Morgan fingerprint density at radius 2 is 2.03 bits per heavy atom. The van der Waals surface area contributed by atoms with Crippen LogP contribution in [0.5, 0.6) is 0 Å². The van der Waals surface area contributed by atoms with Crippen molar-refractivity contribution >= 4 is 41.8 Å². The molecule has 0 saturated heterocycles. The molecule has 0 saturated carbocycles. The third-order valence-corrected chi connectivity index (χ3v) is 5.97. The molecule has 38 heavy (non-hydrogen) atoms. The number of carbonyl (C=O) groups excluding carboxylic acids is 1. The normalized spacial score (nSPS) is 15.6. The van der Waals surface area contributed by atoms with E-state index in [2.05, 4.69) is 26.3 Å². The molecule has 1 aromatic heterocycles. The summed E-state index contributed by atoms with van der Waals surface area (Å²) >= 11 is 6.62. The zero-order valence-electron chi connectivity index (χ0n) is 22.5. The largest absolute Gasteiger partial charge is 0.428 e. The number of benzene rings is 1. The lowest BCUT2D eigenvalue weighted by Gasteiger charge is -2.27. The van der Waals surface area contributed by atoms with Gasteiger partial charge >= 0.3 is 6.01 Å². The minimum atomic E-state index is -0.684. The Hall–Kier alpha value is -4.11. The zero-order chi connectivity index (χ0) is 27.8. The van der Waals surface area contributed by atoms with Crippen LogP contribution in [0.3, 0.4) is 0 Å². The van der Waals surface area contributed by atoms with Crippen molar-refractivity contribution in [2.75, 3.05) is 18.9 Å². The second-order valence-corrected chi connectivity index (χ2v) is 9.50. The van der Waals surface area contributed by atoms with Crippen LogP contribution in [0.25, 0.3) is 6.08 Å². The monoisotopic (exact) mass is 535 g/mol. The van der Waals surface area contributed by atoms with Gasteiger partial charge in [-0.3, -0.25) is 10.1 Å². The van der Waals surface area contributed by atoms with Gasteiger partial charge in [-0.1, -0.05) is 41.5 Å². The number of nitrogens with one attached hydrogen (secondary N) is 5. The fourth-order valence-electron chi connectivity index (χ4n) is 3.77. The summed E-state index contributed by atoms with van der Waals surface area (Å²) in [5.41, 5.74) is 5.20. The number of aryl methyl sites for hydroxylation is 2. The average molecular weight is 536 g/mol. The van der Waals surface area contributed by atoms with E-state index in [4.69, 9.17) is 26.4 Å². The maximum absolute atomic E-state index is 13.3. The fourth-order valence-corrected chi connectivity index (χ4v) is 4.11. The van der Waals surface area contributed by atoms with Crippen molar-refractivity contribution in [1.82, 2.24) is 20.9 Å². The van der Waals surface area contributed by atoms with Crippen LogP contribution in [-0.4, -0.2) is 36.7 Å². The third-order valence-electron chi connectivity index (χ3n) is 5.65. The number of amides is 1. The first-order valence-electron chi connectivity index (χ1n) is 12.2. The second kappa shape index (κ2) is 12.9. The number of aliphatic imine (C=N–C) groups is 1. The summed E-state index contributed by atoms with van der Waals surface area (Å²) in [4.78, 5) is 22.7. The van der Waals surface area contributed by atoms with Crippen molar-refractivity contribution in [2.24, 2.45) is 4.99 Å². The van der Waals surface area contributed by atoms with Gasteiger partial charge in [0.25, 0.3) is 5.91 Å². The highest BCUT2D eigenvalue weighted by Crippen LogP contribution is 2.35. The Balaban J connectivity index is 1.93. The van der Waals surface area contributed by atoms with E-state index in [1.807, 2.05) is 64.1 Å². The highest BCUT2D eigenvalue weighted by atomic mass is 35.5. The van der Waals surface area contributed by atoms with E-state index < -0.39 is 6.04 Å². The molecule has 1 aliphatic heterocycles. The Labute approximate surface area is 228 Å². The van der Waals surface area contributed by atoms with Gasteiger partial charge in [-0.2, -0.15) is 4.98 Å². The van der Waals surface area contributed by atoms with Gasteiger partial charge in [0.2, 0.25) is 5.96 Å². The number of aromatic nitrogens is 1. The fraction of sp³-hybridized carbons (Fsp3) is 0.286. The molecule has 2 heterocycles. The molecule has 1 aliphatic rings. The van der Waals surface area contributed by atoms with Crippen LogP contribution in [-0.2, 0) is 4.79 Å². The van der Waals surface area contributed by atoms with Crippen LogP contribution in [0.2, 0.25) is 5.02 Å². The number of allylic oxidation sites excluding steroid dienone is 4. The van der Waals surface area contributed by atoms with E-state index >= 15 is 0 Å². The highest BCUT2D eigenvalue weighted by molar-refractivity contribution is 6.31. The molecule has 2 aromatic rings. The maximum Gasteiger partial charge on any atom is 0.302 e. The molecule has 0 radical (unpaired) electrons. The molecule has 0 fully saturated rings. The number of anilines is 1. The van der Waals surface area contributed by atoms with E-state index in [1.165, 1.54) is 11.8 Å². The minimum absolute atomic E-state index is 0.182. The molecule has 0 spiro atoms. The Bertz CT molecular complexity index is 1360. The van der Waals surface area contributed by atoms with Crippen molar-refractivity contribution in [2.45, 2.75) is 40.7 Å². The van der Waals surface area contributed by atoms with Gasteiger partial charge < -0.3 is 25.8 Å². The Kier molecular flexibility index (Phi) is 9.67. The number of oxazole rings is 1. The predicted molar refractivity (Wildman–Crippen MR) is 154 cm³/mol. The SMILES string of the molecule is CN/C=C(\C=N)CNC(=O)C1=C(C)NC(Nc2nc(/C=C\C=C(C)C)c(C)o2)=NC1c1ccc(C)cc1Cl. The van der Waals surface area contributed by atoms with E-state index in [0.717, 1.165) is 5.56 Å². The summed E-state index contributed by atoms with van der Waals surface area (Å²) < 4.78 is 5.80. The van der Waals surface area contributed by atoms with E-state index in [9.17, 15) is 4.79 Å². The number of nitrogens with zero attached hydrogens (tertiary/aromatic N) is 2. The first-order chi connectivity index (χ1) is 18.1. The molecule has 5 N–H and O–H groups in total. The van der Waals surface area contributed by atoms with Crippen molar-refractivity contribution < 1.29 is 9.21 Å². The number of hydrogen-bond acceptors (Lipinski definition) is 8. The van der Waals surface area contributed by atoms with Crippen molar-refractivity contribution in [1.29, 1.82) is 5.41 Å². The van der Waals surface area contributed by atoms with Crippen LogP contribution in [0.15, 0.2) is 68.4 Å². The molecule has 9 nitrogen and oxygen atoms in total. The molecule has 1 atom stereocenters. The Morgan fingerprint density at radius 1 is 1.26 bits per heavy atom. The second-order valence-electron chi connectivity index (χ2n) is 9.09. The van der Waals surface area contributed by atoms with Crippen LogP contribution in [0.4, 0.5) is 6.01 Å². The van der Waals surface area contributed by atoms with Gasteiger partial charge in [0, 0.05) is 47.9 Å². The topological polar surface area (TPSA) is 127 Å². The van der Waals surface area contributed by atoms with Gasteiger partial charge in [0.1, 0.15) is 17.5 Å². The van der Waals surface area contributed by atoms with Crippen LogP contribution in [0, 0.1) is 19.3 Å². The summed E-state index contributed by atoms with van der Waals surface area (Å²) in [5.74, 6) is 0.711. The van der Waals surface area contributed by atoms with Crippen molar-refractivity contribution in [3.63, 3.8) is 0 Å². The van der Waals surface area contributed by atoms with E-state index in [1.54, 1.807) is 20.2 Å². The van der Waals surface area contributed by atoms with Crippen molar-refractivity contribution in [3.8, 4) is 0 Å². The lowest BCUT2D eigenvalue weighted by Crippen LogP contribution is -2.39. The highest BCUT2D eigenvalue weighted by Gasteiger charge is 2.31. The van der Waals surface area contributed by atoms with Crippen LogP contribution < -0.4 is 21.3 Å². The van der Waals surface area contributed by atoms with Gasteiger partial charge in [-0.05, 0) is 52.3 Å². The third kappa shape index (κ3) is 7.23. The molecular formula is C28H34ClN7O2. The minimum Gasteiger partial charge on any atom is -0.428 e. The first kappa shape index (κ1) is 28.5. The molecule has 200 valence electrons. The summed E-state index contributed by atoms with van der Waals surface area (Å²) in [5, 5.41) is 20.0. The smallest absolute Gasteiger partial charge is 0.302 e. The maximum atomic E-state index is 13.3. The standard InChI is InChI=1S/C28H34ClN7O2/c1-16(2)8-7-9-23-19(5)38-28(34-23)36-27-33-18(4)24(26(37)32-15-20(13-30)14-31-6)25(35-27)21-11-10-17(3)12-22(21)29/h7-14,25,30-31H,15H2,1-6H3,(H,32,37)(H2,33,34,35,36)/b9-7-,20-14+,30-13?. The number of guanidine groups is 1. The van der Waals surface area contributed by atoms with Gasteiger partial charge in [-0.15, -0.1) is 0 Å². The summed E-state index contributed by atoms with van der Waals surface area (Å²) in [7, 11) is 1.74. The molecule has 0 aliphatic carbocycles. The van der Waals surface area contributed by atoms with Gasteiger partial charge in [-0.25, -0.2) is 4.99 Å². The summed E-state index contributed by atoms with van der Waals surface area (Å²) in [6.07, 6.45) is 8.63. The number of rotatable bonds is 9. The number of halogens is 1.